The molecular weight excluding hydrogens is 508 g/mol. The number of methoxy groups -OCH3 is 1. The molecule has 214 valence electrons. The van der Waals surface area contributed by atoms with Crippen LogP contribution in [-0.4, -0.2) is 50.4 Å². The van der Waals surface area contributed by atoms with E-state index in [2.05, 4.69) is 0 Å². The van der Waals surface area contributed by atoms with Crippen LogP contribution in [0, 0.1) is 5.41 Å². The summed E-state index contributed by atoms with van der Waals surface area (Å²) in [4.78, 5) is 13.1. The fourth-order valence-corrected chi connectivity index (χ4v) is 4.42. The maximum Gasteiger partial charge on any atom is 0.311 e. The Balaban J connectivity index is 1.60. The van der Waals surface area contributed by atoms with Gasteiger partial charge in [0.25, 0.3) is 0 Å². The average molecular weight is 549 g/mol. The van der Waals surface area contributed by atoms with Crippen molar-refractivity contribution in [3.8, 4) is 0 Å². The van der Waals surface area contributed by atoms with Gasteiger partial charge in [-0.2, -0.15) is 0 Å². The molecule has 4 rings (SSSR count). The van der Waals surface area contributed by atoms with Gasteiger partial charge in [-0.3, -0.25) is 4.79 Å². The van der Waals surface area contributed by atoms with Crippen LogP contribution < -0.4 is 0 Å². The Morgan fingerprint density at radius 2 is 1.18 bits per heavy atom. The predicted molar refractivity (Wildman–Crippen MR) is 151 cm³/mol. The molecule has 3 aromatic carbocycles. The van der Waals surface area contributed by atoms with E-state index < -0.39 is 36.1 Å². The van der Waals surface area contributed by atoms with Gasteiger partial charge >= 0.3 is 5.97 Å². The lowest BCUT2D eigenvalue weighted by Crippen LogP contribution is -2.62. The molecule has 0 saturated carbocycles. The average Bonchev–Trinajstić information content (AvgIpc) is 2.97. The highest BCUT2D eigenvalue weighted by atomic mass is 16.7. The molecule has 1 aliphatic heterocycles. The Labute approximate surface area is 237 Å². The van der Waals surface area contributed by atoms with Crippen molar-refractivity contribution in [1.29, 1.82) is 0 Å². The van der Waals surface area contributed by atoms with E-state index in [0.717, 1.165) is 16.7 Å². The smallest absolute Gasteiger partial charge is 0.311 e. The number of rotatable bonds is 12. The highest BCUT2D eigenvalue weighted by Crippen LogP contribution is 2.32. The van der Waals surface area contributed by atoms with Crippen molar-refractivity contribution in [2.45, 2.75) is 71.3 Å². The number of hydrogen-bond donors (Lipinski definition) is 0. The molecule has 0 bridgehead atoms. The van der Waals surface area contributed by atoms with Gasteiger partial charge in [-0.1, -0.05) is 91.0 Å². The first-order valence-corrected chi connectivity index (χ1v) is 13.7. The summed E-state index contributed by atoms with van der Waals surface area (Å²) in [7, 11) is 1.53. The molecule has 1 aliphatic rings. The molecule has 40 heavy (non-hydrogen) atoms. The highest BCUT2D eigenvalue weighted by Gasteiger charge is 2.50. The van der Waals surface area contributed by atoms with E-state index in [-0.39, 0.29) is 12.6 Å². The minimum Gasteiger partial charge on any atom is -0.454 e. The van der Waals surface area contributed by atoms with Gasteiger partial charge in [0.2, 0.25) is 0 Å². The van der Waals surface area contributed by atoms with Crippen molar-refractivity contribution >= 4 is 5.97 Å². The van der Waals surface area contributed by atoms with Crippen molar-refractivity contribution in [3.63, 3.8) is 0 Å². The fourth-order valence-electron chi connectivity index (χ4n) is 4.42. The van der Waals surface area contributed by atoms with Gasteiger partial charge in [0.05, 0.1) is 31.8 Å². The summed E-state index contributed by atoms with van der Waals surface area (Å²) in [6.45, 7) is 6.71. The van der Waals surface area contributed by atoms with E-state index in [1.807, 2.05) is 112 Å². The topological polar surface area (TPSA) is 72.5 Å². The second kappa shape index (κ2) is 14.5. The van der Waals surface area contributed by atoms with E-state index >= 15 is 0 Å². The van der Waals surface area contributed by atoms with Gasteiger partial charge in [-0.25, -0.2) is 0 Å². The van der Waals surface area contributed by atoms with Crippen molar-refractivity contribution in [3.05, 3.63) is 108 Å². The van der Waals surface area contributed by atoms with Crippen molar-refractivity contribution < 1.29 is 33.2 Å². The fraction of sp³-hybridized carbons (Fsp3) is 0.424. The van der Waals surface area contributed by atoms with E-state index in [1.165, 1.54) is 7.11 Å². The van der Waals surface area contributed by atoms with Crippen LogP contribution in [-0.2, 0) is 53.0 Å². The molecule has 1 heterocycles. The van der Waals surface area contributed by atoms with Gasteiger partial charge in [-0.05, 0) is 37.5 Å². The van der Waals surface area contributed by atoms with Crippen LogP contribution in [0.4, 0.5) is 0 Å². The first-order chi connectivity index (χ1) is 19.3. The standard InChI is InChI=1S/C33H40O7/c1-33(2,3)32(34)40-30-29(38-22-26-18-12-7-13-19-26)28(37-21-25-16-10-6-11-17-25)27(39-31(30)35-4)23-36-20-24-14-8-5-9-15-24/h5-19,27-31H,20-23H2,1-4H3/t27-,28-,29+,30-,31-/m1/s1. The summed E-state index contributed by atoms with van der Waals surface area (Å²) in [5.74, 6) is -0.378. The third-order valence-corrected chi connectivity index (χ3v) is 6.64. The number of carbonyl (C=O) groups excluding carboxylic acids is 1. The molecule has 7 nitrogen and oxygen atoms in total. The molecule has 0 aliphatic carbocycles. The summed E-state index contributed by atoms with van der Waals surface area (Å²) in [6, 6.07) is 29.7. The SMILES string of the molecule is CO[C@@H]1O[C@H](COCc2ccccc2)[C@@H](OCc2ccccc2)[C@H](OCc2ccccc2)[C@H]1OC(=O)C(C)(C)C. The van der Waals surface area contributed by atoms with Crippen molar-refractivity contribution in [1.82, 2.24) is 0 Å². The Hall–Kier alpha value is -3.07. The van der Waals surface area contributed by atoms with Crippen LogP contribution in [0.25, 0.3) is 0 Å². The van der Waals surface area contributed by atoms with Gasteiger partial charge < -0.3 is 28.4 Å². The first kappa shape index (κ1) is 29.9. The lowest BCUT2D eigenvalue weighted by atomic mass is 9.95. The molecule has 0 spiro atoms. The Morgan fingerprint density at radius 1 is 0.700 bits per heavy atom. The first-order valence-electron chi connectivity index (χ1n) is 13.7. The predicted octanol–water partition coefficient (Wildman–Crippen LogP) is 5.70. The second-order valence-corrected chi connectivity index (χ2v) is 10.9. The number of ether oxygens (including phenoxy) is 6. The van der Waals surface area contributed by atoms with Gasteiger partial charge in [0.15, 0.2) is 12.4 Å². The number of carbonyl (C=O) groups is 1. The zero-order chi connectivity index (χ0) is 28.4. The molecule has 0 N–H and O–H groups in total. The number of esters is 1. The zero-order valence-electron chi connectivity index (χ0n) is 23.7. The highest BCUT2D eigenvalue weighted by molar-refractivity contribution is 5.75. The van der Waals surface area contributed by atoms with Crippen LogP contribution in [0.15, 0.2) is 91.0 Å². The van der Waals surface area contributed by atoms with E-state index in [9.17, 15) is 4.79 Å². The molecule has 7 heteroatoms. The number of hydrogen-bond acceptors (Lipinski definition) is 7. The van der Waals surface area contributed by atoms with Gasteiger partial charge in [-0.15, -0.1) is 0 Å². The Morgan fingerprint density at radius 3 is 1.65 bits per heavy atom. The molecular formula is C33H40O7. The van der Waals surface area contributed by atoms with E-state index in [0.29, 0.717) is 19.8 Å². The third kappa shape index (κ3) is 8.46. The molecule has 1 fully saturated rings. The lowest BCUT2D eigenvalue weighted by molar-refractivity contribution is -0.317. The van der Waals surface area contributed by atoms with Crippen molar-refractivity contribution in [2.75, 3.05) is 13.7 Å². The molecule has 3 aromatic rings. The summed E-state index contributed by atoms with van der Waals surface area (Å²) in [6.07, 6.45) is -3.55. The summed E-state index contributed by atoms with van der Waals surface area (Å²) < 4.78 is 37.2. The summed E-state index contributed by atoms with van der Waals surface area (Å²) >= 11 is 0. The molecule has 0 amide bonds. The molecule has 0 radical (unpaired) electrons. The second-order valence-electron chi connectivity index (χ2n) is 10.9. The third-order valence-electron chi connectivity index (χ3n) is 6.64. The molecule has 0 aromatic heterocycles. The lowest BCUT2D eigenvalue weighted by Gasteiger charge is -2.45. The molecule has 5 atom stereocenters. The van der Waals surface area contributed by atoms with Crippen LogP contribution in [0.2, 0.25) is 0 Å². The van der Waals surface area contributed by atoms with E-state index in [1.54, 1.807) is 0 Å². The maximum absolute atomic E-state index is 13.1. The normalized spacial score (nSPS) is 23.1. The Kier molecular flexibility index (Phi) is 10.9. The van der Waals surface area contributed by atoms with Crippen LogP contribution in [0.5, 0.6) is 0 Å². The molecule has 1 saturated heterocycles. The number of benzene rings is 3. The zero-order valence-corrected chi connectivity index (χ0v) is 23.7. The maximum atomic E-state index is 13.1. The Bertz CT molecular complexity index is 1150. The largest absolute Gasteiger partial charge is 0.454 e. The molecule has 0 unspecified atom stereocenters. The summed E-state index contributed by atoms with van der Waals surface area (Å²) in [5.41, 5.74) is 2.32. The summed E-state index contributed by atoms with van der Waals surface area (Å²) in [5, 5.41) is 0. The minimum absolute atomic E-state index is 0.235. The minimum atomic E-state index is -0.867. The van der Waals surface area contributed by atoms with E-state index in [4.69, 9.17) is 28.4 Å². The van der Waals surface area contributed by atoms with Crippen LogP contribution >= 0.6 is 0 Å². The van der Waals surface area contributed by atoms with Crippen LogP contribution in [0.3, 0.4) is 0 Å². The van der Waals surface area contributed by atoms with Crippen molar-refractivity contribution in [2.24, 2.45) is 5.41 Å². The van der Waals surface area contributed by atoms with Gasteiger partial charge in [0, 0.05) is 7.11 Å². The van der Waals surface area contributed by atoms with Gasteiger partial charge in [0.1, 0.15) is 18.3 Å². The van der Waals surface area contributed by atoms with Crippen LogP contribution in [0.1, 0.15) is 37.5 Å². The quantitative estimate of drug-likeness (QED) is 0.269. The monoisotopic (exact) mass is 548 g/mol.